The van der Waals surface area contributed by atoms with Crippen LogP contribution in [0, 0.1) is 11.8 Å². The molecule has 4 nitrogen and oxygen atoms in total. The van der Waals surface area contributed by atoms with Crippen LogP contribution >= 0.6 is 0 Å². The van der Waals surface area contributed by atoms with E-state index in [0.29, 0.717) is 0 Å². The highest BCUT2D eigenvalue weighted by Gasteiger charge is 2.39. The average molecular weight is 319 g/mol. The molecule has 2 fully saturated rings. The van der Waals surface area contributed by atoms with Gasteiger partial charge in [-0.05, 0) is 48.2 Å². The van der Waals surface area contributed by atoms with Gasteiger partial charge in [0.2, 0.25) is 0 Å². The molecule has 5 rings (SSSR count). The van der Waals surface area contributed by atoms with Gasteiger partial charge in [0.25, 0.3) is 0 Å². The zero-order valence-electron chi connectivity index (χ0n) is 13.9. The van der Waals surface area contributed by atoms with Crippen molar-refractivity contribution in [1.29, 1.82) is 0 Å². The van der Waals surface area contributed by atoms with E-state index in [4.69, 9.17) is 9.40 Å². The first-order valence-electron chi connectivity index (χ1n) is 8.63. The lowest BCUT2D eigenvalue weighted by Crippen LogP contribution is -2.27. The summed E-state index contributed by atoms with van der Waals surface area (Å²) in [6, 6.07) is 10.6. The van der Waals surface area contributed by atoms with Gasteiger partial charge in [-0.15, -0.1) is 0 Å². The van der Waals surface area contributed by atoms with E-state index >= 15 is 0 Å². The molecule has 4 aliphatic rings. The highest BCUT2D eigenvalue weighted by Crippen LogP contribution is 2.41. The van der Waals surface area contributed by atoms with Crippen LogP contribution in [0.25, 0.3) is 22.3 Å². The molecule has 0 bridgehead atoms. The standard InChI is InChI=1S/C20H21N3O/c1-22-9-15-11-23(12-16(15)10-22)20-19(3-2-7-21-20)18-5-4-14-13-24-8-6-17(14)18/h2-8,13,15-16H,9-12H2,1H3. The number of rotatable bonds is 2. The minimum atomic E-state index is 0.778. The van der Waals surface area contributed by atoms with Gasteiger partial charge in [0, 0.05) is 43.5 Å². The highest BCUT2D eigenvalue weighted by atomic mass is 16.3. The maximum Gasteiger partial charge on any atom is 0.136 e. The Bertz CT molecular complexity index is 828. The molecule has 0 radical (unpaired) electrons. The van der Waals surface area contributed by atoms with E-state index in [1.807, 2.05) is 18.5 Å². The summed E-state index contributed by atoms with van der Waals surface area (Å²) in [6.45, 7) is 4.66. The Morgan fingerprint density at radius 2 is 1.79 bits per heavy atom. The molecule has 2 atom stereocenters. The zero-order valence-corrected chi connectivity index (χ0v) is 13.9. The molecule has 122 valence electrons. The zero-order chi connectivity index (χ0) is 16.1. The van der Waals surface area contributed by atoms with E-state index in [1.54, 1.807) is 6.26 Å². The van der Waals surface area contributed by atoms with Crippen LogP contribution in [0.4, 0.5) is 5.82 Å². The fraction of sp³-hybridized carbons (Fsp3) is 0.350. The molecular formula is C20H21N3O. The molecule has 2 unspecified atom stereocenters. The number of hydrogen-bond donors (Lipinski definition) is 0. The number of pyridine rings is 1. The summed E-state index contributed by atoms with van der Waals surface area (Å²) in [5, 5.41) is 0. The molecule has 1 aromatic rings. The lowest BCUT2D eigenvalue weighted by Gasteiger charge is -2.23. The summed E-state index contributed by atoms with van der Waals surface area (Å²) < 4.78 is 5.30. The smallest absolute Gasteiger partial charge is 0.136 e. The van der Waals surface area contributed by atoms with Crippen LogP contribution in [0.3, 0.4) is 0 Å². The van der Waals surface area contributed by atoms with Crippen molar-refractivity contribution >= 4 is 5.82 Å². The van der Waals surface area contributed by atoms with Crippen molar-refractivity contribution in [2.24, 2.45) is 11.8 Å². The number of fused-ring (bicyclic) bond motifs is 2. The Hall–Kier alpha value is -2.33. The maximum atomic E-state index is 5.30. The third-order valence-electron chi connectivity index (χ3n) is 5.58. The van der Waals surface area contributed by atoms with E-state index in [9.17, 15) is 0 Å². The van der Waals surface area contributed by atoms with Crippen molar-refractivity contribution in [3.05, 3.63) is 49.1 Å². The molecule has 4 heterocycles. The first kappa shape index (κ1) is 14.1. The van der Waals surface area contributed by atoms with Crippen molar-refractivity contribution in [2.45, 2.75) is 0 Å². The molecule has 0 aromatic carbocycles. The predicted octanol–water partition coefficient (Wildman–Crippen LogP) is 3.44. The van der Waals surface area contributed by atoms with Crippen LogP contribution in [-0.2, 0) is 0 Å². The van der Waals surface area contributed by atoms with Gasteiger partial charge >= 0.3 is 0 Å². The van der Waals surface area contributed by atoms with Gasteiger partial charge in [-0.3, -0.25) is 0 Å². The summed E-state index contributed by atoms with van der Waals surface area (Å²) in [5.74, 6) is 2.68. The van der Waals surface area contributed by atoms with E-state index in [1.165, 1.54) is 29.8 Å². The number of aromatic nitrogens is 1. The van der Waals surface area contributed by atoms with Crippen molar-refractivity contribution in [3.8, 4) is 22.3 Å². The Morgan fingerprint density at radius 1 is 0.958 bits per heavy atom. The second kappa shape index (κ2) is 5.35. The first-order valence-corrected chi connectivity index (χ1v) is 8.63. The van der Waals surface area contributed by atoms with Gasteiger partial charge < -0.3 is 14.2 Å². The van der Waals surface area contributed by atoms with Gasteiger partial charge in [0.05, 0.1) is 12.5 Å². The molecule has 24 heavy (non-hydrogen) atoms. The lowest BCUT2D eigenvalue weighted by atomic mass is 10.0. The van der Waals surface area contributed by atoms with Crippen LogP contribution in [0.15, 0.2) is 53.5 Å². The van der Waals surface area contributed by atoms with Crippen molar-refractivity contribution < 1.29 is 4.42 Å². The maximum absolute atomic E-state index is 5.30. The van der Waals surface area contributed by atoms with Gasteiger partial charge in [-0.1, -0.05) is 12.1 Å². The second-order valence-electron chi connectivity index (χ2n) is 7.19. The van der Waals surface area contributed by atoms with Crippen LogP contribution < -0.4 is 4.90 Å². The third kappa shape index (κ3) is 2.13. The van der Waals surface area contributed by atoms with E-state index in [-0.39, 0.29) is 0 Å². The molecule has 0 amide bonds. The number of hydrogen-bond acceptors (Lipinski definition) is 4. The quantitative estimate of drug-likeness (QED) is 0.724. The van der Waals surface area contributed by atoms with E-state index < -0.39 is 0 Å². The second-order valence-corrected chi connectivity index (χ2v) is 7.19. The molecular weight excluding hydrogens is 298 g/mol. The average Bonchev–Trinajstić information content (AvgIpc) is 3.27. The van der Waals surface area contributed by atoms with E-state index in [2.05, 4.69) is 41.1 Å². The fourth-order valence-corrected chi connectivity index (χ4v) is 4.51. The Kier molecular flexibility index (Phi) is 3.13. The molecule has 3 aliphatic heterocycles. The van der Waals surface area contributed by atoms with Crippen LogP contribution in [0.2, 0.25) is 0 Å². The minimum Gasteiger partial charge on any atom is -0.472 e. The number of anilines is 1. The molecule has 0 saturated carbocycles. The van der Waals surface area contributed by atoms with Crippen molar-refractivity contribution in [3.63, 3.8) is 0 Å². The molecule has 2 saturated heterocycles. The molecule has 1 aromatic heterocycles. The Balaban J connectivity index is 1.53. The van der Waals surface area contributed by atoms with Crippen LogP contribution in [-0.4, -0.2) is 43.1 Å². The molecule has 0 N–H and O–H groups in total. The Morgan fingerprint density at radius 3 is 2.62 bits per heavy atom. The van der Waals surface area contributed by atoms with Gasteiger partial charge in [-0.2, -0.15) is 0 Å². The summed E-state index contributed by atoms with van der Waals surface area (Å²) in [6.07, 6.45) is 5.47. The molecule has 1 aliphatic carbocycles. The summed E-state index contributed by atoms with van der Waals surface area (Å²) in [7, 11) is 2.23. The van der Waals surface area contributed by atoms with E-state index in [0.717, 1.165) is 36.3 Å². The van der Waals surface area contributed by atoms with Gasteiger partial charge in [-0.25, -0.2) is 4.98 Å². The highest BCUT2D eigenvalue weighted by molar-refractivity contribution is 5.90. The number of likely N-dealkylation sites (tertiary alicyclic amines) is 1. The molecule has 0 spiro atoms. The van der Waals surface area contributed by atoms with Crippen molar-refractivity contribution in [2.75, 3.05) is 38.1 Å². The topological polar surface area (TPSA) is 32.5 Å². The monoisotopic (exact) mass is 319 g/mol. The van der Waals surface area contributed by atoms with Crippen molar-refractivity contribution in [1.82, 2.24) is 9.88 Å². The lowest BCUT2D eigenvalue weighted by molar-refractivity contribution is 0.387. The summed E-state index contributed by atoms with van der Waals surface area (Å²) >= 11 is 0. The minimum absolute atomic E-state index is 0.778. The van der Waals surface area contributed by atoms with Gasteiger partial charge in [0.1, 0.15) is 5.82 Å². The first-order chi connectivity index (χ1) is 11.8. The SMILES string of the molecule is CN1CC2CN(c3ncccc3-c3ccc4coccc3-4)CC2C1. The third-order valence-corrected chi connectivity index (χ3v) is 5.58. The fourth-order valence-electron chi connectivity index (χ4n) is 4.51. The van der Waals surface area contributed by atoms with Crippen LogP contribution in [0.5, 0.6) is 0 Å². The molecule has 4 heteroatoms. The summed E-state index contributed by atoms with van der Waals surface area (Å²) in [4.78, 5) is 9.71. The van der Waals surface area contributed by atoms with Gasteiger partial charge in [0.15, 0.2) is 0 Å². The normalized spacial score (nSPS) is 24.0. The largest absolute Gasteiger partial charge is 0.472 e. The summed E-state index contributed by atoms with van der Waals surface area (Å²) in [5.41, 5.74) is 4.85. The predicted molar refractivity (Wildman–Crippen MR) is 95.3 cm³/mol. The van der Waals surface area contributed by atoms with Crippen LogP contribution in [0.1, 0.15) is 0 Å². The number of nitrogens with zero attached hydrogens (tertiary/aromatic N) is 3. The Labute approximate surface area is 142 Å².